The summed E-state index contributed by atoms with van der Waals surface area (Å²) in [5.74, 6) is 0.537. The zero-order valence-electron chi connectivity index (χ0n) is 14.9. The average Bonchev–Trinajstić information content (AvgIpc) is 2.62. The Morgan fingerprint density at radius 2 is 2.11 bits per heavy atom. The average molecular weight is 410 g/mol. The molecule has 0 aliphatic carbocycles. The largest absolute Gasteiger partial charge is 0.363 e. The van der Waals surface area contributed by atoms with Crippen LogP contribution in [0, 0.1) is 5.82 Å². The molecule has 2 aromatic rings. The number of hydrogen-bond donors (Lipinski definition) is 2. The highest BCUT2D eigenvalue weighted by atomic mass is 35.5. The van der Waals surface area contributed by atoms with Gasteiger partial charge in [-0.25, -0.2) is 13.6 Å². The molecule has 1 unspecified atom stereocenters. The molecule has 8 heteroatoms. The van der Waals surface area contributed by atoms with Crippen molar-refractivity contribution < 1.29 is 13.2 Å². The molecule has 0 saturated carbocycles. The predicted molar refractivity (Wildman–Crippen MR) is 107 cm³/mol. The molecule has 2 atom stereocenters. The predicted octanol–water partition coefficient (Wildman–Crippen LogP) is 4.32. The summed E-state index contributed by atoms with van der Waals surface area (Å²) in [4.78, 5) is 6.26. The molecule has 0 saturated heterocycles. The van der Waals surface area contributed by atoms with Gasteiger partial charge in [0, 0.05) is 19.1 Å². The fourth-order valence-electron chi connectivity index (χ4n) is 3.06. The summed E-state index contributed by atoms with van der Waals surface area (Å²) in [5.41, 5.74) is 3.06. The van der Waals surface area contributed by atoms with E-state index < -0.39 is 11.1 Å². The second-order valence-corrected chi connectivity index (χ2v) is 7.78. The summed E-state index contributed by atoms with van der Waals surface area (Å²) in [5, 5.41) is 3.69. The molecule has 0 spiro atoms. The molecule has 1 aliphatic rings. The molecular weight excluding hydrogens is 389 g/mol. The number of benzene rings is 1. The maximum absolute atomic E-state index is 13.1. The molecule has 0 bridgehead atoms. The molecule has 144 valence electrons. The lowest BCUT2D eigenvalue weighted by Gasteiger charge is -2.25. The van der Waals surface area contributed by atoms with Crippen LogP contribution >= 0.6 is 11.6 Å². The van der Waals surface area contributed by atoms with E-state index in [-0.39, 0.29) is 17.7 Å². The van der Waals surface area contributed by atoms with Crippen molar-refractivity contribution in [2.45, 2.75) is 19.4 Å². The first-order valence-electron chi connectivity index (χ1n) is 8.59. The van der Waals surface area contributed by atoms with Gasteiger partial charge in [0.05, 0.1) is 0 Å². The van der Waals surface area contributed by atoms with Crippen LogP contribution in [-0.2, 0) is 11.1 Å². The third-order valence-corrected chi connectivity index (χ3v) is 5.27. The number of rotatable bonds is 6. The van der Waals surface area contributed by atoms with Crippen LogP contribution in [0.4, 0.5) is 10.2 Å². The van der Waals surface area contributed by atoms with Gasteiger partial charge in [-0.15, -0.1) is 0 Å². The Kier molecular flexibility index (Phi) is 6.59. The third-order valence-electron chi connectivity index (χ3n) is 4.49. The van der Waals surface area contributed by atoms with E-state index in [1.54, 1.807) is 12.1 Å². The number of nitrogens with zero attached hydrogens (tertiary/aromatic N) is 2. The number of pyridine rings is 1. The maximum Gasteiger partial charge on any atom is 0.167 e. The second-order valence-electron chi connectivity index (χ2n) is 6.49. The third kappa shape index (κ3) is 5.59. The van der Waals surface area contributed by atoms with Crippen LogP contribution in [0.3, 0.4) is 0 Å². The number of anilines is 1. The van der Waals surface area contributed by atoms with Crippen LogP contribution in [0.1, 0.15) is 30.5 Å². The van der Waals surface area contributed by atoms with Gasteiger partial charge in [-0.1, -0.05) is 29.8 Å². The Morgan fingerprint density at radius 1 is 1.37 bits per heavy atom. The van der Waals surface area contributed by atoms with Crippen molar-refractivity contribution in [3.8, 4) is 0 Å². The first-order valence-corrected chi connectivity index (χ1v) is 10.2. The molecule has 0 fully saturated rings. The Labute approximate surface area is 165 Å². The van der Waals surface area contributed by atoms with Gasteiger partial charge in [0.15, 0.2) is 11.1 Å². The van der Waals surface area contributed by atoms with E-state index in [1.165, 1.54) is 12.1 Å². The summed E-state index contributed by atoms with van der Waals surface area (Å²) in [7, 11) is 0. The van der Waals surface area contributed by atoms with Crippen molar-refractivity contribution >= 4 is 34.1 Å². The molecule has 3 rings (SSSR count). The standard InChI is InChI=1S/C19H21ClFN3O2S/c1-13(14-2-4-17(21)5-3-14)22-19-11-16(10-18(20)23-19)15-6-8-24(9-7-15)12-27(25)26/h2-6,10-11,13H,7-9,12H2,1H3,(H,22,23)(H,25,26)/t13-/m0/s1. The minimum atomic E-state index is -1.82. The van der Waals surface area contributed by atoms with Gasteiger partial charge < -0.3 is 9.87 Å². The van der Waals surface area contributed by atoms with Gasteiger partial charge in [-0.2, -0.15) is 0 Å². The van der Waals surface area contributed by atoms with E-state index in [1.807, 2.05) is 24.0 Å². The van der Waals surface area contributed by atoms with Gasteiger partial charge in [0.2, 0.25) is 0 Å². The van der Waals surface area contributed by atoms with E-state index >= 15 is 0 Å². The number of halogens is 2. The zero-order valence-corrected chi connectivity index (χ0v) is 16.4. The Hall–Kier alpha value is -1.80. The highest BCUT2D eigenvalue weighted by Gasteiger charge is 2.16. The zero-order chi connectivity index (χ0) is 19.4. The first kappa shape index (κ1) is 19.9. The topological polar surface area (TPSA) is 65.5 Å². The van der Waals surface area contributed by atoms with Gasteiger partial charge in [-0.05, 0) is 54.3 Å². The minimum Gasteiger partial charge on any atom is -0.363 e. The quantitative estimate of drug-likeness (QED) is 0.549. The fraction of sp³-hybridized carbons (Fsp3) is 0.316. The molecule has 2 heterocycles. The first-order chi connectivity index (χ1) is 12.9. The normalized spacial score (nSPS) is 17.3. The molecule has 2 N–H and O–H groups in total. The van der Waals surface area contributed by atoms with Crippen molar-refractivity contribution in [3.05, 3.63) is 64.6 Å². The van der Waals surface area contributed by atoms with E-state index in [0.29, 0.717) is 24.1 Å². The van der Waals surface area contributed by atoms with Crippen LogP contribution in [0.15, 0.2) is 42.5 Å². The van der Waals surface area contributed by atoms with Gasteiger partial charge in [0.25, 0.3) is 0 Å². The van der Waals surface area contributed by atoms with Crippen molar-refractivity contribution in [1.82, 2.24) is 9.88 Å². The number of aromatic nitrogens is 1. The number of hydrogen-bond acceptors (Lipinski definition) is 4. The molecule has 27 heavy (non-hydrogen) atoms. The summed E-state index contributed by atoms with van der Waals surface area (Å²) in [6.07, 6.45) is 2.82. The van der Waals surface area contributed by atoms with Crippen molar-refractivity contribution in [3.63, 3.8) is 0 Å². The molecule has 5 nitrogen and oxygen atoms in total. The Balaban J connectivity index is 1.74. The van der Waals surface area contributed by atoms with Crippen LogP contribution in [0.2, 0.25) is 5.15 Å². The van der Waals surface area contributed by atoms with Crippen LogP contribution in [-0.4, -0.2) is 37.6 Å². The van der Waals surface area contributed by atoms with E-state index in [9.17, 15) is 8.60 Å². The summed E-state index contributed by atoms with van der Waals surface area (Å²) >= 11 is 4.38. The lowest BCUT2D eigenvalue weighted by atomic mass is 10.0. The molecule has 0 radical (unpaired) electrons. The molecule has 1 aliphatic heterocycles. The molecule has 1 aromatic heterocycles. The van der Waals surface area contributed by atoms with Crippen LogP contribution in [0.25, 0.3) is 5.57 Å². The molecule has 0 amide bonds. The van der Waals surface area contributed by atoms with Crippen molar-refractivity contribution in [2.75, 3.05) is 24.3 Å². The summed E-state index contributed by atoms with van der Waals surface area (Å²) < 4.78 is 33.0. The van der Waals surface area contributed by atoms with E-state index in [2.05, 4.69) is 16.4 Å². The van der Waals surface area contributed by atoms with Crippen molar-refractivity contribution in [1.29, 1.82) is 0 Å². The van der Waals surface area contributed by atoms with Crippen molar-refractivity contribution in [2.24, 2.45) is 0 Å². The smallest absolute Gasteiger partial charge is 0.167 e. The lowest BCUT2D eigenvalue weighted by Crippen LogP contribution is -2.31. The fourth-order valence-corrected chi connectivity index (χ4v) is 3.82. The Bertz CT molecular complexity index is 861. The molecule has 1 aromatic carbocycles. The SMILES string of the molecule is C[C@H](Nc1cc(C2=CCN(CS(=O)O)CC2)cc(Cl)n1)c1ccc(F)cc1. The number of nitrogens with one attached hydrogen (secondary N) is 1. The second kappa shape index (κ2) is 8.93. The lowest BCUT2D eigenvalue weighted by molar-refractivity contribution is 0.343. The monoisotopic (exact) mass is 409 g/mol. The maximum atomic E-state index is 13.1. The van der Waals surface area contributed by atoms with Crippen LogP contribution in [0.5, 0.6) is 0 Å². The van der Waals surface area contributed by atoms with E-state index in [4.69, 9.17) is 16.2 Å². The summed E-state index contributed by atoms with van der Waals surface area (Å²) in [6.45, 7) is 3.31. The summed E-state index contributed by atoms with van der Waals surface area (Å²) in [6, 6.07) is 10.0. The van der Waals surface area contributed by atoms with Crippen LogP contribution < -0.4 is 5.32 Å². The Morgan fingerprint density at radius 3 is 2.74 bits per heavy atom. The van der Waals surface area contributed by atoms with E-state index in [0.717, 1.165) is 23.1 Å². The molecular formula is C19H21ClFN3O2S. The van der Waals surface area contributed by atoms with Gasteiger partial charge in [-0.3, -0.25) is 4.90 Å². The van der Waals surface area contributed by atoms with Gasteiger partial charge in [0.1, 0.15) is 22.7 Å². The highest BCUT2D eigenvalue weighted by molar-refractivity contribution is 7.79. The highest BCUT2D eigenvalue weighted by Crippen LogP contribution is 2.28. The minimum absolute atomic E-state index is 0.0558. The van der Waals surface area contributed by atoms with Gasteiger partial charge >= 0.3 is 0 Å².